The second-order valence-corrected chi connectivity index (χ2v) is 5.64. The molecule has 0 N–H and O–H groups in total. The zero-order valence-corrected chi connectivity index (χ0v) is 15.9. The summed E-state index contributed by atoms with van der Waals surface area (Å²) < 4.78 is 15.8. The highest BCUT2D eigenvalue weighted by molar-refractivity contribution is 6.32. The van der Waals surface area contributed by atoms with Crippen LogP contribution in [0.1, 0.15) is 19.4 Å². The summed E-state index contributed by atoms with van der Waals surface area (Å²) in [7, 11) is 3.23. The minimum absolute atomic E-state index is 0.162. The average molecular weight is 381 g/mol. The number of ether oxygens (including phenoxy) is 3. The Bertz CT molecular complexity index is 738. The minimum Gasteiger partial charge on any atom is -0.490 e. The van der Waals surface area contributed by atoms with Crippen LogP contribution in [0.2, 0.25) is 5.02 Å². The number of rotatable bonds is 8. The number of amides is 1. The molecule has 140 valence electrons. The van der Waals surface area contributed by atoms with Crippen molar-refractivity contribution in [3.8, 4) is 17.6 Å². The van der Waals surface area contributed by atoms with Crippen molar-refractivity contribution in [2.45, 2.75) is 13.8 Å². The molecule has 1 aromatic rings. The number of halogens is 1. The largest absolute Gasteiger partial charge is 0.490 e. The fourth-order valence-electron chi connectivity index (χ4n) is 1.85. The van der Waals surface area contributed by atoms with Crippen LogP contribution in [-0.4, -0.2) is 50.7 Å². The molecular weight excluding hydrogens is 360 g/mol. The van der Waals surface area contributed by atoms with Gasteiger partial charge in [0.1, 0.15) is 11.6 Å². The van der Waals surface area contributed by atoms with Crippen molar-refractivity contribution in [2.24, 2.45) is 0 Å². The SMILES string of the molecule is CCOC(=O)/C(C#N)=C/c1cc(Cl)c(OCC(=O)N(C)C)c(OCC)c1. The zero-order chi connectivity index (χ0) is 19.7. The summed E-state index contributed by atoms with van der Waals surface area (Å²) in [6.45, 7) is 3.73. The maximum Gasteiger partial charge on any atom is 0.348 e. The highest BCUT2D eigenvalue weighted by atomic mass is 35.5. The first-order chi connectivity index (χ1) is 12.3. The first-order valence-corrected chi connectivity index (χ1v) is 8.30. The Balaban J connectivity index is 3.20. The van der Waals surface area contributed by atoms with E-state index in [-0.39, 0.29) is 35.5 Å². The maximum atomic E-state index is 11.7. The molecule has 0 aliphatic rings. The van der Waals surface area contributed by atoms with Gasteiger partial charge in [0.25, 0.3) is 5.91 Å². The van der Waals surface area contributed by atoms with Gasteiger partial charge < -0.3 is 19.1 Å². The Morgan fingerprint density at radius 3 is 2.46 bits per heavy atom. The molecule has 0 bridgehead atoms. The summed E-state index contributed by atoms with van der Waals surface area (Å²) in [5.74, 6) is -0.433. The second-order valence-electron chi connectivity index (χ2n) is 5.23. The van der Waals surface area contributed by atoms with Crippen molar-refractivity contribution < 1.29 is 23.8 Å². The van der Waals surface area contributed by atoms with Gasteiger partial charge >= 0.3 is 5.97 Å². The van der Waals surface area contributed by atoms with Crippen LogP contribution >= 0.6 is 11.6 Å². The van der Waals surface area contributed by atoms with E-state index in [4.69, 9.17) is 31.1 Å². The number of nitriles is 1. The topological polar surface area (TPSA) is 88.9 Å². The highest BCUT2D eigenvalue weighted by Crippen LogP contribution is 2.37. The predicted molar refractivity (Wildman–Crippen MR) is 97.0 cm³/mol. The molecule has 0 heterocycles. The number of nitrogens with zero attached hydrogens (tertiary/aromatic N) is 2. The van der Waals surface area contributed by atoms with Crippen molar-refractivity contribution in [1.29, 1.82) is 5.26 Å². The molecule has 0 saturated carbocycles. The van der Waals surface area contributed by atoms with Gasteiger partial charge in [0.05, 0.1) is 18.2 Å². The molecule has 0 aromatic heterocycles. The molecule has 0 radical (unpaired) electrons. The molecule has 7 nitrogen and oxygen atoms in total. The van der Waals surface area contributed by atoms with Gasteiger partial charge in [-0.1, -0.05) is 11.6 Å². The second kappa shape index (κ2) is 10.3. The van der Waals surface area contributed by atoms with Crippen LogP contribution in [0.4, 0.5) is 0 Å². The van der Waals surface area contributed by atoms with Crippen LogP contribution in [-0.2, 0) is 14.3 Å². The Labute approximate surface area is 157 Å². The molecule has 1 amide bonds. The van der Waals surface area contributed by atoms with Gasteiger partial charge in [-0.05, 0) is 37.6 Å². The van der Waals surface area contributed by atoms with Gasteiger partial charge in [-0.3, -0.25) is 4.79 Å². The monoisotopic (exact) mass is 380 g/mol. The fourth-order valence-corrected chi connectivity index (χ4v) is 2.12. The highest BCUT2D eigenvalue weighted by Gasteiger charge is 2.16. The third-order valence-corrected chi connectivity index (χ3v) is 3.38. The first-order valence-electron chi connectivity index (χ1n) is 7.92. The number of benzene rings is 1. The van der Waals surface area contributed by atoms with Crippen LogP contribution < -0.4 is 9.47 Å². The third-order valence-electron chi connectivity index (χ3n) is 3.10. The van der Waals surface area contributed by atoms with Crippen molar-refractivity contribution in [3.63, 3.8) is 0 Å². The first kappa shape index (κ1) is 21.3. The van der Waals surface area contributed by atoms with E-state index in [2.05, 4.69) is 0 Å². The van der Waals surface area contributed by atoms with Crippen LogP contribution in [0, 0.1) is 11.3 Å². The van der Waals surface area contributed by atoms with E-state index in [9.17, 15) is 9.59 Å². The summed E-state index contributed by atoms with van der Waals surface area (Å²) in [5, 5.41) is 9.32. The number of hydrogen-bond acceptors (Lipinski definition) is 6. The summed E-state index contributed by atoms with van der Waals surface area (Å²) in [6, 6.07) is 4.88. The molecule has 0 spiro atoms. The van der Waals surface area contributed by atoms with Crippen molar-refractivity contribution >= 4 is 29.6 Å². The van der Waals surface area contributed by atoms with Crippen molar-refractivity contribution in [2.75, 3.05) is 33.9 Å². The summed E-state index contributed by atoms with van der Waals surface area (Å²) >= 11 is 6.24. The molecule has 1 rings (SSSR count). The van der Waals surface area contributed by atoms with Crippen molar-refractivity contribution in [1.82, 2.24) is 4.90 Å². The zero-order valence-electron chi connectivity index (χ0n) is 15.2. The van der Waals surface area contributed by atoms with Crippen LogP contribution in [0.25, 0.3) is 6.08 Å². The Morgan fingerprint density at radius 2 is 1.92 bits per heavy atom. The minimum atomic E-state index is -0.721. The quantitative estimate of drug-likeness (QED) is 0.391. The third kappa shape index (κ3) is 5.97. The number of carbonyl (C=O) groups is 2. The summed E-state index contributed by atoms with van der Waals surface area (Å²) in [5.41, 5.74) is 0.302. The fraction of sp³-hybridized carbons (Fsp3) is 0.389. The molecule has 0 unspecified atom stereocenters. The number of likely N-dealkylation sites (N-methyl/N-ethyl adjacent to an activating group) is 1. The number of carbonyl (C=O) groups excluding carboxylic acids is 2. The predicted octanol–water partition coefficient (Wildman–Crippen LogP) is 2.68. The van der Waals surface area contributed by atoms with Gasteiger partial charge in [-0.25, -0.2) is 4.79 Å². The van der Waals surface area contributed by atoms with E-state index in [0.717, 1.165) is 0 Å². The average Bonchev–Trinajstić information content (AvgIpc) is 2.58. The standard InChI is InChI=1S/C18H21ClN2O5/c1-5-24-15-9-12(7-13(10-20)18(23)25-6-2)8-14(19)17(15)26-11-16(22)21(3)4/h7-9H,5-6,11H2,1-4H3/b13-7+. The Morgan fingerprint density at radius 1 is 1.23 bits per heavy atom. The molecule has 26 heavy (non-hydrogen) atoms. The van der Waals surface area contributed by atoms with E-state index in [0.29, 0.717) is 17.9 Å². The van der Waals surface area contributed by atoms with Crippen LogP contribution in [0.5, 0.6) is 11.5 Å². The van der Waals surface area contributed by atoms with Gasteiger partial charge in [0, 0.05) is 14.1 Å². The summed E-state index contributed by atoms with van der Waals surface area (Å²) in [6.07, 6.45) is 1.35. The van der Waals surface area contributed by atoms with E-state index in [1.807, 2.05) is 0 Å². The van der Waals surface area contributed by atoms with E-state index < -0.39 is 5.97 Å². The molecular formula is C18H21ClN2O5. The lowest BCUT2D eigenvalue weighted by atomic mass is 10.1. The van der Waals surface area contributed by atoms with Gasteiger partial charge in [0.2, 0.25) is 0 Å². The lowest BCUT2D eigenvalue weighted by Crippen LogP contribution is -2.27. The van der Waals surface area contributed by atoms with Gasteiger partial charge in [-0.2, -0.15) is 5.26 Å². The van der Waals surface area contributed by atoms with E-state index >= 15 is 0 Å². The lowest BCUT2D eigenvalue weighted by Gasteiger charge is -2.16. The van der Waals surface area contributed by atoms with Gasteiger partial charge in [0.15, 0.2) is 18.1 Å². The Hall–Kier alpha value is -2.72. The van der Waals surface area contributed by atoms with Crippen LogP contribution in [0.3, 0.4) is 0 Å². The van der Waals surface area contributed by atoms with Gasteiger partial charge in [-0.15, -0.1) is 0 Å². The molecule has 0 atom stereocenters. The normalized spacial score (nSPS) is 10.7. The molecule has 8 heteroatoms. The molecule has 0 aliphatic heterocycles. The number of hydrogen-bond donors (Lipinski definition) is 0. The van der Waals surface area contributed by atoms with Crippen LogP contribution in [0.15, 0.2) is 17.7 Å². The Kier molecular flexibility index (Phi) is 8.46. The molecule has 0 fully saturated rings. The molecule has 0 saturated heterocycles. The van der Waals surface area contributed by atoms with E-state index in [1.54, 1.807) is 40.1 Å². The smallest absolute Gasteiger partial charge is 0.348 e. The molecule has 0 aliphatic carbocycles. The lowest BCUT2D eigenvalue weighted by molar-refractivity contribution is -0.138. The van der Waals surface area contributed by atoms with Crippen molar-refractivity contribution in [3.05, 3.63) is 28.3 Å². The number of esters is 1. The van der Waals surface area contributed by atoms with E-state index in [1.165, 1.54) is 17.0 Å². The summed E-state index contributed by atoms with van der Waals surface area (Å²) in [4.78, 5) is 24.8. The molecule has 1 aromatic carbocycles. The maximum absolute atomic E-state index is 11.7.